The molecule has 0 aromatic rings. The van der Waals surface area contributed by atoms with Crippen LogP contribution in [0.25, 0.3) is 0 Å². The van der Waals surface area contributed by atoms with Crippen molar-refractivity contribution in [3.05, 3.63) is 0 Å². The molecule has 0 spiro atoms. The van der Waals surface area contributed by atoms with E-state index in [-0.39, 0.29) is 6.10 Å². The van der Waals surface area contributed by atoms with E-state index in [1.165, 1.54) is 12.8 Å². The van der Waals surface area contributed by atoms with Crippen LogP contribution in [0.3, 0.4) is 0 Å². The summed E-state index contributed by atoms with van der Waals surface area (Å²) < 4.78 is 16.0. The first kappa shape index (κ1) is 7.53. The standard InChI is InChI=1S/C8H14O3/c1-2-4-10-7(3-1)8-5-9-6-11-8/h7-8H,1-6H2. The maximum Gasteiger partial charge on any atom is 0.147 e. The molecule has 0 bridgehead atoms. The van der Waals surface area contributed by atoms with E-state index in [2.05, 4.69) is 0 Å². The Morgan fingerprint density at radius 3 is 2.64 bits per heavy atom. The maximum atomic E-state index is 5.56. The monoisotopic (exact) mass is 158 g/mol. The second kappa shape index (κ2) is 3.52. The van der Waals surface area contributed by atoms with Crippen molar-refractivity contribution in [1.29, 1.82) is 0 Å². The average Bonchev–Trinajstić information content (AvgIpc) is 2.58. The first-order valence-corrected chi connectivity index (χ1v) is 4.28. The highest BCUT2D eigenvalue weighted by molar-refractivity contribution is 4.75. The zero-order valence-electron chi connectivity index (χ0n) is 6.62. The van der Waals surface area contributed by atoms with Crippen LogP contribution < -0.4 is 0 Å². The van der Waals surface area contributed by atoms with Gasteiger partial charge in [0.2, 0.25) is 0 Å². The highest BCUT2D eigenvalue weighted by Crippen LogP contribution is 2.20. The molecule has 0 amide bonds. The summed E-state index contributed by atoms with van der Waals surface area (Å²) in [7, 11) is 0. The maximum absolute atomic E-state index is 5.56. The van der Waals surface area contributed by atoms with Gasteiger partial charge in [-0.15, -0.1) is 0 Å². The second-order valence-electron chi connectivity index (χ2n) is 3.10. The first-order valence-electron chi connectivity index (χ1n) is 4.28. The third-order valence-corrected chi connectivity index (χ3v) is 2.28. The van der Waals surface area contributed by atoms with Gasteiger partial charge in [-0.3, -0.25) is 0 Å². The predicted octanol–water partition coefficient (Wildman–Crippen LogP) is 0.928. The quantitative estimate of drug-likeness (QED) is 0.568. The SMILES string of the molecule is C1CCC(C2COCO2)OC1. The van der Waals surface area contributed by atoms with Gasteiger partial charge < -0.3 is 14.2 Å². The summed E-state index contributed by atoms with van der Waals surface area (Å²) in [5.41, 5.74) is 0. The van der Waals surface area contributed by atoms with Gasteiger partial charge in [0.05, 0.1) is 12.7 Å². The van der Waals surface area contributed by atoms with Gasteiger partial charge in [0.25, 0.3) is 0 Å². The van der Waals surface area contributed by atoms with Gasteiger partial charge in [-0.1, -0.05) is 0 Å². The topological polar surface area (TPSA) is 27.7 Å². The van der Waals surface area contributed by atoms with E-state index < -0.39 is 0 Å². The van der Waals surface area contributed by atoms with Crippen LogP contribution in [0, 0.1) is 0 Å². The summed E-state index contributed by atoms with van der Waals surface area (Å²) in [5.74, 6) is 0. The molecule has 0 aromatic heterocycles. The Labute approximate surface area is 66.6 Å². The minimum atomic E-state index is 0.204. The molecule has 3 heteroatoms. The van der Waals surface area contributed by atoms with Crippen LogP contribution in [0.1, 0.15) is 19.3 Å². The Hall–Kier alpha value is -0.120. The van der Waals surface area contributed by atoms with E-state index in [0.717, 1.165) is 13.0 Å². The Balaban J connectivity index is 1.82. The van der Waals surface area contributed by atoms with Crippen molar-refractivity contribution in [2.75, 3.05) is 20.0 Å². The highest BCUT2D eigenvalue weighted by Gasteiger charge is 2.28. The van der Waals surface area contributed by atoms with Crippen molar-refractivity contribution in [2.45, 2.75) is 31.5 Å². The molecule has 2 saturated heterocycles. The van der Waals surface area contributed by atoms with Crippen LogP contribution in [0.5, 0.6) is 0 Å². The van der Waals surface area contributed by atoms with Crippen LogP contribution in [0.15, 0.2) is 0 Å². The molecule has 2 unspecified atom stereocenters. The molecule has 11 heavy (non-hydrogen) atoms. The molecule has 2 atom stereocenters. The minimum Gasteiger partial charge on any atom is -0.375 e. The Kier molecular flexibility index (Phi) is 2.41. The van der Waals surface area contributed by atoms with Crippen LogP contribution in [-0.2, 0) is 14.2 Å². The summed E-state index contributed by atoms with van der Waals surface area (Å²) in [5, 5.41) is 0. The van der Waals surface area contributed by atoms with Gasteiger partial charge in [-0.25, -0.2) is 0 Å². The van der Waals surface area contributed by atoms with Crippen molar-refractivity contribution in [2.24, 2.45) is 0 Å². The van der Waals surface area contributed by atoms with E-state index in [4.69, 9.17) is 14.2 Å². The van der Waals surface area contributed by atoms with Crippen molar-refractivity contribution in [3.8, 4) is 0 Å². The molecule has 0 aromatic carbocycles. The van der Waals surface area contributed by atoms with Gasteiger partial charge >= 0.3 is 0 Å². The Morgan fingerprint density at radius 2 is 2.00 bits per heavy atom. The molecule has 0 N–H and O–H groups in total. The second-order valence-corrected chi connectivity index (χ2v) is 3.10. The van der Waals surface area contributed by atoms with E-state index >= 15 is 0 Å². The van der Waals surface area contributed by atoms with E-state index in [1.807, 2.05) is 0 Å². The van der Waals surface area contributed by atoms with Gasteiger partial charge in [0.15, 0.2) is 0 Å². The van der Waals surface area contributed by atoms with Crippen LogP contribution in [-0.4, -0.2) is 32.2 Å². The summed E-state index contributed by atoms with van der Waals surface area (Å²) in [6, 6.07) is 0. The molecule has 2 fully saturated rings. The van der Waals surface area contributed by atoms with E-state index in [1.54, 1.807) is 0 Å². The third kappa shape index (κ3) is 1.72. The van der Waals surface area contributed by atoms with Crippen molar-refractivity contribution < 1.29 is 14.2 Å². The fourth-order valence-corrected chi connectivity index (χ4v) is 1.62. The fourth-order valence-electron chi connectivity index (χ4n) is 1.62. The number of hydrogen-bond donors (Lipinski definition) is 0. The third-order valence-electron chi connectivity index (χ3n) is 2.28. The lowest BCUT2D eigenvalue weighted by molar-refractivity contribution is -0.0690. The number of hydrogen-bond acceptors (Lipinski definition) is 3. The largest absolute Gasteiger partial charge is 0.375 e. The van der Waals surface area contributed by atoms with Crippen molar-refractivity contribution >= 4 is 0 Å². The summed E-state index contributed by atoms with van der Waals surface area (Å²) in [4.78, 5) is 0. The average molecular weight is 158 g/mol. The zero-order valence-corrected chi connectivity index (χ0v) is 6.62. The molecule has 2 aliphatic heterocycles. The molecular weight excluding hydrogens is 144 g/mol. The van der Waals surface area contributed by atoms with Gasteiger partial charge in [-0.05, 0) is 19.3 Å². The molecule has 2 aliphatic rings. The Morgan fingerprint density at radius 1 is 1.00 bits per heavy atom. The van der Waals surface area contributed by atoms with E-state index in [9.17, 15) is 0 Å². The first-order chi connectivity index (χ1) is 5.47. The van der Waals surface area contributed by atoms with Crippen LogP contribution in [0.4, 0.5) is 0 Å². The molecule has 0 aliphatic carbocycles. The lowest BCUT2D eigenvalue weighted by Gasteiger charge is -2.25. The van der Waals surface area contributed by atoms with Crippen LogP contribution in [0.2, 0.25) is 0 Å². The highest BCUT2D eigenvalue weighted by atomic mass is 16.7. The zero-order chi connectivity index (χ0) is 7.52. The Bertz CT molecular complexity index is 115. The molecule has 3 nitrogen and oxygen atoms in total. The predicted molar refractivity (Wildman–Crippen MR) is 39.3 cm³/mol. The molecular formula is C8H14O3. The fraction of sp³-hybridized carbons (Fsp3) is 1.00. The van der Waals surface area contributed by atoms with Crippen molar-refractivity contribution in [1.82, 2.24) is 0 Å². The number of ether oxygens (including phenoxy) is 3. The summed E-state index contributed by atoms with van der Waals surface area (Å²) >= 11 is 0. The molecule has 64 valence electrons. The minimum absolute atomic E-state index is 0.204. The smallest absolute Gasteiger partial charge is 0.147 e. The molecule has 2 heterocycles. The van der Waals surface area contributed by atoms with Gasteiger partial charge in [0.1, 0.15) is 12.9 Å². The van der Waals surface area contributed by atoms with Crippen molar-refractivity contribution in [3.63, 3.8) is 0 Å². The summed E-state index contributed by atoms with van der Waals surface area (Å²) in [6.45, 7) is 2.06. The van der Waals surface area contributed by atoms with E-state index in [0.29, 0.717) is 19.5 Å². The number of rotatable bonds is 1. The molecule has 0 saturated carbocycles. The molecule has 0 radical (unpaired) electrons. The normalized spacial score (nSPS) is 39.3. The van der Waals surface area contributed by atoms with Crippen LogP contribution >= 0.6 is 0 Å². The lowest BCUT2D eigenvalue weighted by atomic mass is 10.1. The van der Waals surface area contributed by atoms with Gasteiger partial charge in [0, 0.05) is 6.61 Å². The van der Waals surface area contributed by atoms with Gasteiger partial charge in [-0.2, -0.15) is 0 Å². The molecule has 2 rings (SSSR count). The summed E-state index contributed by atoms with van der Waals surface area (Å²) in [6.07, 6.45) is 4.10. The lowest BCUT2D eigenvalue weighted by Crippen LogP contribution is -2.33.